The van der Waals surface area contributed by atoms with E-state index < -0.39 is 6.10 Å². The topological polar surface area (TPSA) is 28.5 Å². The molecule has 3 aromatic carbocycles. The van der Waals surface area contributed by atoms with Gasteiger partial charge in [-0.15, -0.1) is 6.58 Å². The van der Waals surface area contributed by atoms with Crippen LogP contribution in [0.1, 0.15) is 41.2 Å². The molecule has 1 aromatic heterocycles. The van der Waals surface area contributed by atoms with E-state index in [4.69, 9.17) is 6.57 Å². The molecule has 5 atom stereocenters. The number of aryl methyl sites for hydroxylation is 1. The number of fused-ring (bicyclic) bond motifs is 4. The molecule has 0 aliphatic carbocycles. The van der Waals surface area contributed by atoms with E-state index in [9.17, 15) is 5.11 Å². The second kappa shape index (κ2) is 10.4. The molecule has 4 heterocycles. The van der Waals surface area contributed by atoms with E-state index in [1.807, 2.05) is 18.2 Å². The van der Waals surface area contributed by atoms with Crippen LogP contribution in [0.25, 0.3) is 15.7 Å². The molecule has 3 aliphatic rings. The summed E-state index contributed by atoms with van der Waals surface area (Å²) in [6, 6.07) is 27.4. The third kappa shape index (κ3) is 4.67. The van der Waals surface area contributed by atoms with E-state index in [-0.39, 0.29) is 6.04 Å². The summed E-state index contributed by atoms with van der Waals surface area (Å²) in [5.41, 5.74) is 6.48. The van der Waals surface area contributed by atoms with Crippen LogP contribution in [0, 0.1) is 25.3 Å². The minimum atomic E-state index is -0.586. The maximum atomic E-state index is 12.2. The van der Waals surface area contributed by atoms with Gasteiger partial charge in [0.2, 0.25) is 5.52 Å². The fourth-order valence-electron chi connectivity index (χ4n) is 7.28. The second-order valence-electron chi connectivity index (χ2n) is 11.6. The molecule has 3 fully saturated rings. The number of nitrogens with zero attached hydrogens (tertiary/aromatic N) is 3. The number of para-hydroxylation sites is 2. The van der Waals surface area contributed by atoms with Crippen molar-refractivity contribution in [3.63, 3.8) is 0 Å². The number of quaternary nitrogens is 1. The lowest BCUT2D eigenvalue weighted by atomic mass is 9.71. The molecule has 0 radical (unpaired) electrons. The molecule has 0 amide bonds. The van der Waals surface area contributed by atoms with Crippen molar-refractivity contribution >= 4 is 16.6 Å². The minimum Gasteiger partial charge on any atom is -0.382 e. The highest BCUT2D eigenvalue weighted by atomic mass is 16.3. The molecule has 4 aromatic rings. The van der Waals surface area contributed by atoms with Crippen molar-refractivity contribution in [3.8, 4) is 0 Å². The molecule has 2 bridgehead atoms. The summed E-state index contributed by atoms with van der Waals surface area (Å²) in [7, 11) is 0. The summed E-state index contributed by atoms with van der Waals surface area (Å²) in [6.45, 7) is 17.6. The predicted molar refractivity (Wildman–Crippen MR) is 156 cm³/mol. The molecule has 4 nitrogen and oxygen atoms in total. The highest BCUT2D eigenvalue weighted by molar-refractivity contribution is 5.79. The van der Waals surface area contributed by atoms with E-state index in [2.05, 4.69) is 95.9 Å². The van der Waals surface area contributed by atoms with Crippen LogP contribution in [-0.2, 0) is 13.1 Å². The van der Waals surface area contributed by atoms with Gasteiger partial charge in [0.25, 0.3) is 0 Å². The number of piperidine rings is 3. The van der Waals surface area contributed by atoms with Crippen LogP contribution in [0.4, 0.5) is 5.69 Å². The van der Waals surface area contributed by atoms with Crippen molar-refractivity contribution in [1.82, 2.24) is 0 Å². The largest absolute Gasteiger partial charge is 0.382 e. The molecule has 196 valence electrons. The van der Waals surface area contributed by atoms with Crippen LogP contribution in [-0.4, -0.2) is 28.7 Å². The quantitative estimate of drug-likeness (QED) is 0.126. The van der Waals surface area contributed by atoms with E-state index in [0.29, 0.717) is 11.8 Å². The van der Waals surface area contributed by atoms with Gasteiger partial charge in [-0.3, -0.25) is 0 Å². The van der Waals surface area contributed by atoms with Crippen LogP contribution < -0.4 is 4.57 Å². The Morgan fingerprint density at radius 1 is 1.08 bits per heavy atom. The molecule has 1 N–H and O–H groups in total. The highest BCUT2D eigenvalue weighted by Crippen LogP contribution is 2.48. The summed E-state index contributed by atoms with van der Waals surface area (Å²) >= 11 is 0. The standard InChI is InChI=1S/C35H37N3O/c1-4-27-23-38(24-29-9-5-7-11-32(29)36-3)20-18-28(27)21-34(38)35(39)31-17-19-37(33-12-8-6-10-30(31)33)22-26-15-13-25(2)14-16-26/h4-17,19,27-28,34-35,39H,1,18,20-24H2,2H3/q+2/t27-,28-,34-,35+,38?/m0/s1. The maximum absolute atomic E-state index is 12.2. The molecule has 0 spiro atoms. The predicted octanol–water partition coefficient (Wildman–Crippen LogP) is 6.68. The number of hydrogen-bond donors (Lipinski definition) is 1. The molecule has 3 saturated heterocycles. The second-order valence-corrected chi connectivity index (χ2v) is 11.6. The third-order valence-corrected chi connectivity index (χ3v) is 9.39. The normalized spacial score (nSPS) is 24.8. The zero-order valence-corrected chi connectivity index (χ0v) is 22.7. The third-order valence-electron chi connectivity index (χ3n) is 9.39. The summed E-state index contributed by atoms with van der Waals surface area (Å²) in [5, 5.41) is 13.3. The first-order valence-electron chi connectivity index (χ1n) is 14.1. The van der Waals surface area contributed by atoms with Gasteiger partial charge >= 0.3 is 0 Å². The molecular formula is C35H37N3O+2. The lowest BCUT2D eigenvalue weighted by Gasteiger charge is -2.58. The highest BCUT2D eigenvalue weighted by Gasteiger charge is 2.54. The van der Waals surface area contributed by atoms with Crippen molar-refractivity contribution < 1.29 is 14.2 Å². The lowest BCUT2D eigenvalue weighted by Crippen LogP contribution is -2.67. The molecule has 7 rings (SSSR count). The monoisotopic (exact) mass is 515 g/mol. The first-order chi connectivity index (χ1) is 19.0. The molecule has 1 unspecified atom stereocenters. The van der Waals surface area contributed by atoms with Gasteiger partial charge in [-0.25, -0.2) is 4.85 Å². The zero-order valence-electron chi connectivity index (χ0n) is 22.7. The maximum Gasteiger partial charge on any atom is 0.213 e. The van der Waals surface area contributed by atoms with Gasteiger partial charge in [0, 0.05) is 47.6 Å². The van der Waals surface area contributed by atoms with Crippen molar-refractivity contribution in [2.45, 2.75) is 45.0 Å². The Morgan fingerprint density at radius 2 is 1.85 bits per heavy atom. The Morgan fingerprint density at radius 3 is 2.64 bits per heavy atom. The Labute approximate surface area is 231 Å². The van der Waals surface area contributed by atoms with Gasteiger partial charge in [-0.2, -0.15) is 4.57 Å². The lowest BCUT2D eigenvalue weighted by molar-refractivity contribution is -0.984. The first-order valence-corrected chi connectivity index (χ1v) is 14.1. The first kappa shape index (κ1) is 25.5. The molecule has 4 heteroatoms. The van der Waals surface area contributed by atoms with Gasteiger partial charge in [0.05, 0.1) is 31.6 Å². The summed E-state index contributed by atoms with van der Waals surface area (Å²) in [6.07, 6.45) is 5.81. The average molecular weight is 516 g/mol. The number of benzene rings is 3. The Kier molecular flexibility index (Phi) is 6.81. The van der Waals surface area contributed by atoms with Crippen molar-refractivity contribution in [1.29, 1.82) is 0 Å². The fraction of sp³-hybridized carbons (Fsp3) is 0.314. The minimum absolute atomic E-state index is 0.0788. The van der Waals surface area contributed by atoms with Gasteiger partial charge in [-0.05, 0) is 18.9 Å². The summed E-state index contributed by atoms with van der Waals surface area (Å²) in [5.74, 6) is 1.01. The molecular weight excluding hydrogens is 478 g/mol. The number of aromatic nitrogens is 1. The fourth-order valence-corrected chi connectivity index (χ4v) is 7.28. The van der Waals surface area contributed by atoms with Crippen molar-refractivity contribution in [2.75, 3.05) is 13.1 Å². The Hall–Kier alpha value is -3.78. The van der Waals surface area contributed by atoms with Gasteiger partial charge in [0.1, 0.15) is 12.1 Å². The van der Waals surface area contributed by atoms with E-state index in [1.54, 1.807) is 0 Å². The SMILES string of the molecule is [C-]#[N+]c1ccccc1C[N+]12CC[C@@H](C[C@H]1[C@H](O)c1cc[n+](Cc3ccc(C)cc3)c3ccccc13)[C@@H](C=C)C2. The van der Waals surface area contributed by atoms with Gasteiger partial charge < -0.3 is 9.59 Å². The van der Waals surface area contributed by atoms with Crippen LogP contribution in [0.5, 0.6) is 0 Å². The van der Waals surface area contributed by atoms with Gasteiger partial charge in [0.15, 0.2) is 18.4 Å². The van der Waals surface area contributed by atoms with Crippen LogP contribution in [0.3, 0.4) is 0 Å². The van der Waals surface area contributed by atoms with Crippen LogP contribution >= 0.6 is 0 Å². The van der Waals surface area contributed by atoms with E-state index in [0.717, 1.165) is 71.2 Å². The van der Waals surface area contributed by atoms with Crippen molar-refractivity contribution in [2.24, 2.45) is 11.8 Å². The van der Waals surface area contributed by atoms with Crippen LogP contribution in [0.15, 0.2) is 97.7 Å². The number of aliphatic hydroxyl groups excluding tert-OH is 1. The number of rotatable bonds is 7. The number of aliphatic hydroxyl groups is 1. The molecule has 0 saturated carbocycles. The Balaban J connectivity index is 1.39. The molecule has 39 heavy (non-hydrogen) atoms. The summed E-state index contributed by atoms with van der Waals surface area (Å²) in [4.78, 5) is 3.83. The average Bonchev–Trinajstić information content (AvgIpc) is 2.98. The van der Waals surface area contributed by atoms with Gasteiger partial charge in [-0.1, -0.05) is 72.3 Å². The Bertz CT molecular complexity index is 1550. The zero-order chi connectivity index (χ0) is 27.0. The number of hydrogen-bond acceptors (Lipinski definition) is 1. The smallest absolute Gasteiger partial charge is 0.213 e. The molecule has 3 aliphatic heterocycles. The van der Waals surface area contributed by atoms with E-state index >= 15 is 0 Å². The summed E-state index contributed by atoms with van der Waals surface area (Å²) < 4.78 is 3.10. The number of pyridine rings is 1. The van der Waals surface area contributed by atoms with E-state index in [1.165, 1.54) is 11.1 Å². The van der Waals surface area contributed by atoms with Crippen molar-refractivity contribution in [3.05, 3.63) is 131 Å². The van der Waals surface area contributed by atoms with Crippen LogP contribution in [0.2, 0.25) is 0 Å².